The Morgan fingerprint density at radius 1 is 0.968 bits per heavy atom. The summed E-state index contributed by atoms with van der Waals surface area (Å²) in [4.78, 5) is 12.4. The molecular weight excluding hydrogens is 524 g/mol. The van der Waals surface area contributed by atoms with E-state index in [1.54, 1.807) is 19.3 Å². The van der Waals surface area contributed by atoms with Gasteiger partial charge in [-0.1, -0.05) is 60.7 Å². The van der Waals surface area contributed by atoms with Crippen molar-refractivity contribution in [1.82, 2.24) is 0 Å². The van der Waals surface area contributed by atoms with Crippen LogP contribution in [0.15, 0.2) is 87.3 Å². The number of halogens is 2. The Labute approximate surface area is 197 Å². The predicted octanol–water partition coefficient (Wildman–Crippen LogP) is 6.78. The average Bonchev–Trinajstić information content (AvgIpc) is 3.17. The molecule has 0 aromatic heterocycles. The second kappa shape index (κ2) is 9.54. The van der Waals surface area contributed by atoms with Crippen LogP contribution in [0.4, 0.5) is 0 Å². The van der Waals surface area contributed by atoms with Crippen molar-refractivity contribution in [3.63, 3.8) is 0 Å². The first-order valence-corrected chi connectivity index (χ1v) is 11.1. The maximum Gasteiger partial charge on any atom is 0.343 e. The van der Waals surface area contributed by atoms with Crippen molar-refractivity contribution in [2.75, 3.05) is 7.11 Å². The second-order valence-corrected chi connectivity index (χ2v) is 8.35. The van der Waals surface area contributed by atoms with Gasteiger partial charge in [-0.05, 0) is 61.2 Å². The minimum absolute atomic E-state index is 0.398. The molecule has 0 spiro atoms. The lowest BCUT2D eigenvalue weighted by atomic mass is 10.1. The Bertz CT molecular complexity index is 1170. The maximum absolute atomic E-state index is 12.4. The van der Waals surface area contributed by atoms with Gasteiger partial charge in [0.25, 0.3) is 0 Å². The summed E-state index contributed by atoms with van der Waals surface area (Å²) in [5, 5.41) is 0. The lowest BCUT2D eigenvalue weighted by molar-refractivity contribution is -0.130. The van der Waals surface area contributed by atoms with Crippen LogP contribution in [-0.2, 0) is 16.1 Å². The average molecular weight is 542 g/mol. The highest BCUT2D eigenvalue weighted by molar-refractivity contribution is 9.13. The highest BCUT2D eigenvalue weighted by Crippen LogP contribution is 2.44. The summed E-state index contributed by atoms with van der Waals surface area (Å²) in [6, 6.07) is 21.2. The van der Waals surface area contributed by atoms with Gasteiger partial charge in [0.1, 0.15) is 12.4 Å². The number of methoxy groups -OCH3 is 1. The highest BCUT2D eigenvalue weighted by Gasteiger charge is 2.23. The van der Waals surface area contributed by atoms with Gasteiger partial charge >= 0.3 is 5.97 Å². The number of benzene rings is 3. The first kappa shape index (κ1) is 21.4. The number of rotatable bonds is 6. The molecule has 3 aromatic carbocycles. The van der Waals surface area contributed by atoms with Crippen molar-refractivity contribution in [2.24, 2.45) is 0 Å². The van der Waals surface area contributed by atoms with E-state index < -0.39 is 5.97 Å². The Morgan fingerprint density at radius 3 is 2.32 bits per heavy atom. The third-order valence-electron chi connectivity index (χ3n) is 4.70. The summed E-state index contributed by atoms with van der Waals surface area (Å²) < 4.78 is 18.5. The number of ether oxygens (including phenoxy) is 3. The number of esters is 1. The third kappa shape index (κ3) is 4.75. The molecule has 0 saturated heterocycles. The van der Waals surface area contributed by atoms with Gasteiger partial charge in [0.15, 0.2) is 11.5 Å². The van der Waals surface area contributed by atoms with Gasteiger partial charge in [0.05, 0.1) is 17.2 Å². The van der Waals surface area contributed by atoms with Crippen LogP contribution < -0.4 is 9.47 Å². The molecule has 3 aromatic rings. The highest BCUT2D eigenvalue weighted by atomic mass is 79.9. The van der Waals surface area contributed by atoms with Gasteiger partial charge in [-0.2, -0.15) is 0 Å². The summed E-state index contributed by atoms with van der Waals surface area (Å²) >= 11 is 7.20. The molecule has 0 unspecified atom stereocenters. The molecule has 4 nitrogen and oxygen atoms in total. The van der Waals surface area contributed by atoms with Gasteiger partial charge in [-0.3, -0.25) is 0 Å². The van der Waals surface area contributed by atoms with Gasteiger partial charge in [0, 0.05) is 10.0 Å². The lowest BCUT2D eigenvalue weighted by Crippen LogP contribution is -2.00. The summed E-state index contributed by atoms with van der Waals surface area (Å²) in [7, 11) is 1.58. The minimum atomic E-state index is -0.398. The molecule has 156 valence electrons. The van der Waals surface area contributed by atoms with Crippen LogP contribution in [0.1, 0.15) is 16.7 Å². The summed E-state index contributed by atoms with van der Waals surface area (Å²) in [5.74, 6) is 1.26. The van der Waals surface area contributed by atoms with E-state index in [1.165, 1.54) is 0 Å². The van der Waals surface area contributed by atoms with E-state index in [0.29, 0.717) is 33.9 Å². The fraction of sp³-hybridized carbons (Fsp3) is 0.0800. The third-order valence-corrected chi connectivity index (χ3v) is 6.84. The van der Waals surface area contributed by atoms with E-state index in [9.17, 15) is 4.79 Å². The molecule has 0 fully saturated rings. The number of hydrogen-bond donors (Lipinski definition) is 0. The molecule has 0 atom stereocenters. The number of carbonyl (C=O) groups excluding carboxylic acids is 1. The van der Waals surface area contributed by atoms with E-state index in [-0.39, 0.29) is 0 Å². The zero-order valence-electron chi connectivity index (χ0n) is 16.6. The van der Waals surface area contributed by atoms with Crippen LogP contribution in [0, 0.1) is 0 Å². The van der Waals surface area contributed by atoms with Crippen molar-refractivity contribution in [2.45, 2.75) is 6.61 Å². The second-order valence-electron chi connectivity index (χ2n) is 6.76. The standard InChI is InChI=1S/C25H18Br2O4/c1-29-21-13-18(12-19-14-20(31-25(19)28)17-10-6-3-7-11-17)22(26)23(27)24(21)30-15-16-8-4-2-5-9-16/h2-14H,15H2,1H3. The van der Waals surface area contributed by atoms with Crippen LogP contribution in [-0.4, -0.2) is 13.1 Å². The number of hydrogen-bond acceptors (Lipinski definition) is 4. The molecule has 4 rings (SSSR count). The molecule has 0 bridgehead atoms. The topological polar surface area (TPSA) is 44.8 Å². The van der Waals surface area contributed by atoms with Gasteiger partial charge in [0.2, 0.25) is 0 Å². The van der Waals surface area contributed by atoms with Crippen molar-refractivity contribution in [3.05, 3.63) is 104 Å². The minimum Gasteiger partial charge on any atom is -0.493 e. The molecule has 0 radical (unpaired) electrons. The largest absolute Gasteiger partial charge is 0.493 e. The summed E-state index contributed by atoms with van der Waals surface area (Å²) in [6.07, 6.45) is 3.50. The molecule has 31 heavy (non-hydrogen) atoms. The molecular formula is C25H18Br2O4. The van der Waals surface area contributed by atoms with Gasteiger partial charge in [-0.25, -0.2) is 4.79 Å². The van der Waals surface area contributed by atoms with Crippen molar-refractivity contribution >= 4 is 49.7 Å². The zero-order valence-corrected chi connectivity index (χ0v) is 19.8. The number of carbonyl (C=O) groups is 1. The van der Waals surface area contributed by atoms with E-state index in [1.807, 2.05) is 66.7 Å². The predicted molar refractivity (Wildman–Crippen MR) is 128 cm³/mol. The van der Waals surface area contributed by atoms with Crippen molar-refractivity contribution < 1.29 is 19.0 Å². The quantitative estimate of drug-likeness (QED) is 0.255. The summed E-state index contributed by atoms with van der Waals surface area (Å²) in [5.41, 5.74) is 3.10. The smallest absolute Gasteiger partial charge is 0.343 e. The van der Waals surface area contributed by atoms with E-state index in [2.05, 4.69) is 31.9 Å². The van der Waals surface area contributed by atoms with Crippen LogP contribution >= 0.6 is 31.9 Å². The number of cyclic esters (lactones) is 1. The fourth-order valence-electron chi connectivity index (χ4n) is 3.13. The van der Waals surface area contributed by atoms with Crippen molar-refractivity contribution in [1.29, 1.82) is 0 Å². The van der Waals surface area contributed by atoms with Gasteiger partial charge < -0.3 is 14.2 Å². The Hall–Kier alpha value is -2.83. The van der Waals surface area contributed by atoms with E-state index in [0.717, 1.165) is 21.2 Å². The molecule has 0 saturated carbocycles. The molecule has 6 heteroatoms. The Morgan fingerprint density at radius 2 is 1.65 bits per heavy atom. The van der Waals surface area contributed by atoms with Crippen LogP contribution in [0.25, 0.3) is 11.8 Å². The Kier molecular flexibility index (Phi) is 6.59. The SMILES string of the molecule is COc1cc(C=C2C=C(c3ccccc3)OC2=O)c(Br)c(Br)c1OCc1ccccc1. The monoisotopic (exact) mass is 540 g/mol. The Balaban J connectivity index is 1.65. The first-order chi connectivity index (χ1) is 15.1. The zero-order chi connectivity index (χ0) is 21.8. The molecule has 1 aliphatic rings. The van der Waals surface area contributed by atoms with Crippen molar-refractivity contribution in [3.8, 4) is 11.5 Å². The molecule has 0 N–H and O–H groups in total. The van der Waals surface area contributed by atoms with Crippen LogP contribution in [0.2, 0.25) is 0 Å². The van der Waals surface area contributed by atoms with Gasteiger partial charge in [-0.15, -0.1) is 0 Å². The van der Waals surface area contributed by atoms with Crippen LogP contribution in [0.5, 0.6) is 11.5 Å². The molecule has 1 heterocycles. The fourth-order valence-corrected chi connectivity index (χ4v) is 4.07. The molecule has 0 amide bonds. The molecule has 0 aliphatic carbocycles. The normalized spacial score (nSPS) is 14.4. The van der Waals surface area contributed by atoms with E-state index >= 15 is 0 Å². The molecule has 1 aliphatic heterocycles. The van der Waals surface area contributed by atoms with E-state index in [4.69, 9.17) is 14.2 Å². The lowest BCUT2D eigenvalue weighted by Gasteiger charge is -2.15. The summed E-state index contributed by atoms with van der Waals surface area (Å²) in [6.45, 7) is 0.401. The maximum atomic E-state index is 12.4. The van der Waals surface area contributed by atoms with Crippen LogP contribution in [0.3, 0.4) is 0 Å². The first-order valence-electron chi connectivity index (χ1n) is 9.50.